The Morgan fingerprint density at radius 2 is 2.06 bits per heavy atom. The molecule has 0 aliphatic rings. The number of nitrogens with one attached hydrogen (secondary N) is 1. The topological polar surface area (TPSA) is 55.4 Å². The van der Waals surface area contributed by atoms with Crippen LogP contribution in [0.3, 0.4) is 0 Å². The number of rotatable bonds is 6. The molecule has 0 saturated heterocycles. The molecule has 0 spiro atoms. The predicted octanol–water partition coefficient (Wildman–Crippen LogP) is 2.91. The molecule has 98 valence electrons. The number of hydrogen-bond donors (Lipinski definition) is 1. The van der Waals surface area contributed by atoms with Gasteiger partial charge in [-0.3, -0.25) is 9.59 Å². The van der Waals surface area contributed by atoms with E-state index in [9.17, 15) is 9.59 Å². The zero-order chi connectivity index (χ0) is 13.5. The molecular weight excluding hydrogens is 254 g/mol. The van der Waals surface area contributed by atoms with Gasteiger partial charge in [0.2, 0.25) is 0 Å². The van der Waals surface area contributed by atoms with Gasteiger partial charge < -0.3 is 10.1 Å². The van der Waals surface area contributed by atoms with Crippen molar-refractivity contribution in [3.8, 4) is 0 Å². The quantitative estimate of drug-likeness (QED) is 0.490. The molecular formula is C13H16ClNO3. The third kappa shape index (κ3) is 4.75. The van der Waals surface area contributed by atoms with Gasteiger partial charge in [-0.05, 0) is 31.5 Å². The molecule has 1 aromatic rings. The van der Waals surface area contributed by atoms with E-state index >= 15 is 0 Å². The molecule has 0 fully saturated rings. The number of hydrogen-bond acceptors (Lipinski definition) is 4. The Balaban J connectivity index is 2.52. The van der Waals surface area contributed by atoms with Crippen molar-refractivity contribution in [2.24, 2.45) is 0 Å². The van der Waals surface area contributed by atoms with Gasteiger partial charge in [-0.2, -0.15) is 0 Å². The lowest BCUT2D eigenvalue weighted by Gasteiger charge is -2.08. The molecule has 1 rings (SSSR count). The number of benzene rings is 1. The second kappa shape index (κ2) is 7.01. The van der Waals surface area contributed by atoms with Crippen LogP contribution in [0.15, 0.2) is 18.2 Å². The summed E-state index contributed by atoms with van der Waals surface area (Å²) in [4.78, 5) is 22.2. The van der Waals surface area contributed by atoms with E-state index in [1.54, 1.807) is 18.2 Å². The Morgan fingerprint density at radius 1 is 1.33 bits per heavy atom. The van der Waals surface area contributed by atoms with E-state index < -0.39 is 0 Å². The highest BCUT2D eigenvalue weighted by Crippen LogP contribution is 2.19. The van der Waals surface area contributed by atoms with Crippen LogP contribution in [0.4, 0.5) is 5.69 Å². The van der Waals surface area contributed by atoms with E-state index in [1.165, 1.54) is 14.0 Å². The number of halogens is 1. The first-order chi connectivity index (χ1) is 8.52. The van der Waals surface area contributed by atoms with Crippen LogP contribution in [0.2, 0.25) is 5.02 Å². The largest absolute Gasteiger partial charge is 0.469 e. The van der Waals surface area contributed by atoms with Crippen molar-refractivity contribution in [2.45, 2.75) is 19.8 Å². The van der Waals surface area contributed by atoms with Crippen molar-refractivity contribution in [1.29, 1.82) is 0 Å². The van der Waals surface area contributed by atoms with Gasteiger partial charge in [0.25, 0.3) is 0 Å². The molecule has 0 saturated carbocycles. The zero-order valence-electron chi connectivity index (χ0n) is 10.5. The molecule has 0 radical (unpaired) electrons. The van der Waals surface area contributed by atoms with E-state index in [1.807, 2.05) is 0 Å². The standard InChI is InChI=1S/C13H16ClNO3/c1-9(16)10-6-11(14)8-12(7-10)15-5-3-4-13(17)18-2/h6-8,15H,3-5H2,1-2H3. The SMILES string of the molecule is COC(=O)CCCNc1cc(Cl)cc(C(C)=O)c1. The van der Waals surface area contributed by atoms with Gasteiger partial charge in [-0.15, -0.1) is 0 Å². The number of ketones is 1. The fraction of sp³-hybridized carbons (Fsp3) is 0.385. The van der Waals surface area contributed by atoms with Gasteiger partial charge >= 0.3 is 5.97 Å². The highest BCUT2D eigenvalue weighted by molar-refractivity contribution is 6.31. The van der Waals surface area contributed by atoms with Gasteiger partial charge in [0.1, 0.15) is 0 Å². The summed E-state index contributed by atoms with van der Waals surface area (Å²) in [6.45, 7) is 2.11. The molecule has 18 heavy (non-hydrogen) atoms. The molecule has 4 nitrogen and oxygen atoms in total. The molecule has 0 heterocycles. The summed E-state index contributed by atoms with van der Waals surface area (Å²) >= 11 is 5.91. The van der Waals surface area contributed by atoms with Crippen LogP contribution in [0.1, 0.15) is 30.1 Å². The molecule has 0 atom stereocenters. The molecule has 0 aliphatic heterocycles. The van der Waals surface area contributed by atoms with Gasteiger partial charge in [0.05, 0.1) is 7.11 Å². The van der Waals surface area contributed by atoms with E-state index in [0.717, 1.165) is 5.69 Å². The number of anilines is 1. The summed E-state index contributed by atoms with van der Waals surface area (Å²) in [5.74, 6) is -0.262. The Hall–Kier alpha value is -1.55. The summed E-state index contributed by atoms with van der Waals surface area (Å²) in [5, 5.41) is 3.63. The van der Waals surface area contributed by atoms with Gasteiger partial charge in [-0.25, -0.2) is 0 Å². The summed E-state index contributed by atoms with van der Waals surface area (Å²) in [6, 6.07) is 5.11. The van der Waals surface area contributed by atoms with Crippen molar-refractivity contribution in [2.75, 3.05) is 19.0 Å². The molecule has 1 N–H and O–H groups in total. The average Bonchev–Trinajstić information content (AvgIpc) is 2.33. The van der Waals surface area contributed by atoms with Crippen molar-refractivity contribution < 1.29 is 14.3 Å². The summed E-state index contributed by atoms with van der Waals surface area (Å²) in [5.41, 5.74) is 1.34. The number of ether oxygens (including phenoxy) is 1. The molecule has 0 bridgehead atoms. The number of methoxy groups -OCH3 is 1. The van der Waals surface area contributed by atoms with Crippen LogP contribution in [-0.4, -0.2) is 25.4 Å². The Morgan fingerprint density at radius 3 is 2.67 bits per heavy atom. The first-order valence-electron chi connectivity index (χ1n) is 5.65. The minimum absolute atomic E-state index is 0.0323. The van der Waals surface area contributed by atoms with E-state index in [0.29, 0.717) is 30.0 Å². The van der Waals surface area contributed by atoms with Gasteiger partial charge in [0, 0.05) is 29.2 Å². The molecule has 0 amide bonds. The maximum absolute atomic E-state index is 11.3. The van der Waals surface area contributed by atoms with Crippen LogP contribution in [0.5, 0.6) is 0 Å². The van der Waals surface area contributed by atoms with Crippen molar-refractivity contribution in [1.82, 2.24) is 0 Å². The van der Waals surface area contributed by atoms with Crippen LogP contribution in [0.25, 0.3) is 0 Å². The van der Waals surface area contributed by atoms with Crippen molar-refractivity contribution in [3.63, 3.8) is 0 Å². The average molecular weight is 270 g/mol. The third-order valence-electron chi connectivity index (χ3n) is 2.42. The molecule has 0 aromatic heterocycles. The minimum atomic E-state index is -0.229. The van der Waals surface area contributed by atoms with Crippen molar-refractivity contribution in [3.05, 3.63) is 28.8 Å². The monoisotopic (exact) mass is 269 g/mol. The number of esters is 1. The fourth-order valence-electron chi connectivity index (χ4n) is 1.46. The minimum Gasteiger partial charge on any atom is -0.469 e. The number of Topliss-reactive ketones (excluding diaryl/α,β-unsaturated/α-hetero) is 1. The predicted molar refractivity (Wildman–Crippen MR) is 71.2 cm³/mol. The Kier molecular flexibility index (Phi) is 5.65. The lowest BCUT2D eigenvalue weighted by molar-refractivity contribution is -0.140. The van der Waals surface area contributed by atoms with Crippen LogP contribution >= 0.6 is 11.6 Å². The van der Waals surface area contributed by atoms with E-state index in [2.05, 4.69) is 10.1 Å². The number of carbonyl (C=O) groups excluding carboxylic acids is 2. The first-order valence-corrected chi connectivity index (χ1v) is 6.03. The van der Waals surface area contributed by atoms with Crippen LogP contribution < -0.4 is 5.32 Å². The van der Waals surface area contributed by atoms with Gasteiger partial charge in [0.15, 0.2) is 5.78 Å². The summed E-state index contributed by atoms with van der Waals surface area (Å²) in [7, 11) is 1.37. The Labute approximate surface area is 111 Å². The van der Waals surface area contributed by atoms with E-state index in [-0.39, 0.29) is 11.8 Å². The molecule has 0 unspecified atom stereocenters. The molecule has 5 heteroatoms. The first kappa shape index (κ1) is 14.5. The second-order valence-electron chi connectivity index (χ2n) is 3.89. The highest BCUT2D eigenvalue weighted by atomic mass is 35.5. The molecule has 1 aromatic carbocycles. The highest BCUT2D eigenvalue weighted by Gasteiger charge is 2.04. The maximum Gasteiger partial charge on any atom is 0.305 e. The lowest BCUT2D eigenvalue weighted by atomic mass is 10.1. The smallest absolute Gasteiger partial charge is 0.305 e. The zero-order valence-corrected chi connectivity index (χ0v) is 11.2. The van der Waals surface area contributed by atoms with Crippen LogP contribution in [0, 0.1) is 0 Å². The van der Waals surface area contributed by atoms with E-state index in [4.69, 9.17) is 11.6 Å². The van der Waals surface area contributed by atoms with Crippen LogP contribution in [-0.2, 0) is 9.53 Å². The summed E-state index contributed by atoms with van der Waals surface area (Å²) in [6.07, 6.45) is 1.03. The second-order valence-corrected chi connectivity index (χ2v) is 4.33. The third-order valence-corrected chi connectivity index (χ3v) is 2.64. The summed E-state index contributed by atoms with van der Waals surface area (Å²) < 4.78 is 4.54. The normalized spacial score (nSPS) is 9.94. The molecule has 0 aliphatic carbocycles. The Bertz CT molecular complexity index is 446. The maximum atomic E-state index is 11.3. The fourth-order valence-corrected chi connectivity index (χ4v) is 1.70. The van der Waals surface area contributed by atoms with Crippen molar-refractivity contribution >= 4 is 29.0 Å². The van der Waals surface area contributed by atoms with Gasteiger partial charge in [-0.1, -0.05) is 11.6 Å². The number of carbonyl (C=O) groups is 2. The lowest BCUT2D eigenvalue weighted by Crippen LogP contribution is -2.07.